The molecule has 1 saturated heterocycles. The van der Waals surface area contributed by atoms with Gasteiger partial charge in [-0.1, -0.05) is 12.1 Å². The van der Waals surface area contributed by atoms with Crippen molar-refractivity contribution in [2.75, 3.05) is 7.11 Å². The molecule has 0 saturated carbocycles. The van der Waals surface area contributed by atoms with Crippen molar-refractivity contribution >= 4 is 5.91 Å². The summed E-state index contributed by atoms with van der Waals surface area (Å²) < 4.78 is 12.1. The van der Waals surface area contributed by atoms with Gasteiger partial charge in [-0.2, -0.15) is 0 Å². The lowest BCUT2D eigenvalue weighted by molar-refractivity contribution is 0.0872. The molecule has 0 spiro atoms. The first-order chi connectivity index (χ1) is 8.79. The van der Waals surface area contributed by atoms with Crippen molar-refractivity contribution in [3.05, 3.63) is 54.4 Å². The van der Waals surface area contributed by atoms with Gasteiger partial charge in [-0.15, -0.1) is 0 Å². The number of carbonyl (C=O) groups excluding carboxylic acids is 1. The number of rotatable bonds is 3. The molecule has 1 aromatic carbocycles. The summed E-state index contributed by atoms with van der Waals surface area (Å²) in [5, 5.41) is 0. The van der Waals surface area contributed by atoms with Gasteiger partial charge in [0.2, 0.25) is 0 Å². The number of epoxide rings is 1. The van der Waals surface area contributed by atoms with E-state index in [2.05, 4.69) is 0 Å². The molecule has 0 bridgehead atoms. The monoisotopic (exact) mass is 243 g/mol. The van der Waals surface area contributed by atoms with Crippen molar-refractivity contribution in [1.82, 2.24) is 4.57 Å². The molecular weight excluding hydrogens is 230 g/mol. The molecule has 0 N–H and O–H groups in total. The van der Waals surface area contributed by atoms with Gasteiger partial charge in [-0.25, -0.2) is 0 Å². The van der Waals surface area contributed by atoms with Gasteiger partial charge in [0.1, 0.15) is 11.9 Å². The van der Waals surface area contributed by atoms with Gasteiger partial charge in [0.25, 0.3) is 5.91 Å². The Morgan fingerprint density at radius 2 is 1.89 bits per heavy atom. The summed E-state index contributed by atoms with van der Waals surface area (Å²) >= 11 is 0. The molecule has 0 aliphatic carbocycles. The highest BCUT2D eigenvalue weighted by Crippen LogP contribution is 2.40. The minimum Gasteiger partial charge on any atom is -0.497 e. The number of hydrogen-bond donors (Lipinski definition) is 0. The number of benzene rings is 1. The quantitative estimate of drug-likeness (QED) is 0.777. The van der Waals surface area contributed by atoms with Gasteiger partial charge in [-0.05, 0) is 29.8 Å². The first kappa shape index (κ1) is 11.0. The molecule has 0 amide bonds. The van der Waals surface area contributed by atoms with Gasteiger partial charge in [0.05, 0.1) is 7.11 Å². The van der Waals surface area contributed by atoms with Crippen LogP contribution in [0.15, 0.2) is 48.8 Å². The Morgan fingerprint density at radius 1 is 1.22 bits per heavy atom. The SMILES string of the molecule is COc1ccc([C@H]2O[C@@H]2C(=O)n2cccc2)cc1. The van der Waals surface area contributed by atoms with Crippen LogP contribution < -0.4 is 4.74 Å². The summed E-state index contributed by atoms with van der Waals surface area (Å²) in [4.78, 5) is 12.0. The van der Waals surface area contributed by atoms with Crippen LogP contribution in [0.1, 0.15) is 16.5 Å². The number of carbonyl (C=O) groups is 1. The van der Waals surface area contributed by atoms with E-state index in [0.717, 1.165) is 11.3 Å². The molecule has 3 rings (SSSR count). The van der Waals surface area contributed by atoms with Crippen molar-refractivity contribution in [3.8, 4) is 5.75 Å². The molecule has 4 nitrogen and oxygen atoms in total. The van der Waals surface area contributed by atoms with Crippen LogP contribution >= 0.6 is 0 Å². The zero-order valence-electron chi connectivity index (χ0n) is 9.95. The number of hydrogen-bond acceptors (Lipinski definition) is 3. The summed E-state index contributed by atoms with van der Waals surface area (Å²) in [6.45, 7) is 0. The maximum atomic E-state index is 12.0. The first-order valence-electron chi connectivity index (χ1n) is 5.76. The summed E-state index contributed by atoms with van der Waals surface area (Å²) in [7, 11) is 1.63. The Labute approximate surface area is 105 Å². The van der Waals surface area contributed by atoms with E-state index >= 15 is 0 Å². The predicted molar refractivity (Wildman–Crippen MR) is 65.7 cm³/mol. The summed E-state index contributed by atoms with van der Waals surface area (Å²) in [6.07, 6.45) is 2.96. The molecule has 2 aromatic rings. The summed E-state index contributed by atoms with van der Waals surface area (Å²) in [5.74, 6) is 0.772. The summed E-state index contributed by atoms with van der Waals surface area (Å²) in [5.41, 5.74) is 1.00. The van der Waals surface area contributed by atoms with Gasteiger partial charge in [0, 0.05) is 12.4 Å². The molecular formula is C14H13NO3. The van der Waals surface area contributed by atoms with Crippen molar-refractivity contribution in [2.24, 2.45) is 0 Å². The average molecular weight is 243 g/mol. The smallest absolute Gasteiger partial charge is 0.262 e. The lowest BCUT2D eigenvalue weighted by Gasteiger charge is -2.00. The van der Waals surface area contributed by atoms with Crippen molar-refractivity contribution < 1.29 is 14.3 Å². The van der Waals surface area contributed by atoms with E-state index in [4.69, 9.17) is 9.47 Å². The van der Waals surface area contributed by atoms with E-state index in [1.54, 1.807) is 24.1 Å². The van der Waals surface area contributed by atoms with E-state index in [1.165, 1.54) is 0 Å². The maximum absolute atomic E-state index is 12.0. The van der Waals surface area contributed by atoms with E-state index in [0.29, 0.717) is 0 Å². The molecule has 18 heavy (non-hydrogen) atoms. The molecule has 2 atom stereocenters. The molecule has 1 aromatic heterocycles. The second kappa shape index (κ2) is 4.31. The molecule has 1 fully saturated rings. The van der Waals surface area contributed by atoms with E-state index in [9.17, 15) is 4.79 Å². The molecule has 2 heterocycles. The third-order valence-electron chi connectivity index (χ3n) is 3.04. The first-order valence-corrected chi connectivity index (χ1v) is 5.76. The fourth-order valence-corrected chi connectivity index (χ4v) is 1.98. The standard InChI is InChI=1S/C14H13NO3/c1-17-11-6-4-10(5-7-11)12-13(18-12)14(16)15-8-2-3-9-15/h2-9,12-13H,1H3/t12-,13+/m1/s1. The molecule has 0 radical (unpaired) electrons. The minimum absolute atomic E-state index is 0.0270. The number of methoxy groups -OCH3 is 1. The number of ether oxygens (including phenoxy) is 2. The second-order valence-corrected chi connectivity index (χ2v) is 4.18. The average Bonchev–Trinajstić information content (AvgIpc) is 3.03. The Kier molecular flexibility index (Phi) is 2.64. The van der Waals surface area contributed by atoms with Gasteiger partial charge < -0.3 is 9.47 Å². The van der Waals surface area contributed by atoms with Gasteiger partial charge in [0.15, 0.2) is 6.10 Å². The normalized spacial score (nSPS) is 21.6. The highest BCUT2D eigenvalue weighted by molar-refractivity contribution is 5.86. The molecule has 0 unspecified atom stereocenters. The van der Waals surface area contributed by atoms with Crippen LogP contribution in [0.2, 0.25) is 0 Å². The van der Waals surface area contributed by atoms with Gasteiger partial charge >= 0.3 is 0 Å². The van der Waals surface area contributed by atoms with Crippen molar-refractivity contribution in [1.29, 1.82) is 0 Å². The third kappa shape index (κ3) is 1.91. The largest absolute Gasteiger partial charge is 0.497 e. The second-order valence-electron chi connectivity index (χ2n) is 4.18. The zero-order chi connectivity index (χ0) is 12.5. The van der Waals surface area contributed by atoms with Crippen molar-refractivity contribution in [3.63, 3.8) is 0 Å². The third-order valence-corrected chi connectivity index (χ3v) is 3.04. The maximum Gasteiger partial charge on any atom is 0.262 e. The highest BCUT2D eigenvalue weighted by Gasteiger charge is 2.46. The fourth-order valence-electron chi connectivity index (χ4n) is 1.98. The molecule has 92 valence electrons. The van der Waals surface area contributed by atoms with Crippen LogP contribution in [-0.4, -0.2) is 23.7 Å². The van der Waals surface area contributed by atoms with Gasteiger partial charge in [-0.3, -0.25) is 9.36 Å². The minimum atomic E-state index is -0.370. The van der Waals surface area contributed by atoms with Crippen LogP contribution in [0, 0.1) is 0 Å². The fraction of sp³-hybridized carbons (Fsp3) is 0.214. The predicted octanol–water partition coefficient (Wildman–Crippen LogP) is 2.28. The van der Waals surface area contributed by atoms with Crippen molar-refractivity contribution in [2.45, 2.75) is 12.2 Å². The Bertz CT molecular complexity index is 545. The van der Waals surface area contributed by atoms with Crippen LogP contribution in [0.5, 0.6) is 5.75 Å². The Hall–Kier alpha value is -2.07. The van der Waals surface area contributed by atoms with Crippen LogP contribution in [0.25, 0.3) is 0 Å². The zero-order valence-corrected chi connectivity index (χ0v) is 9.95. The Morgan fingerprint density at radius 3 is 2.50 bits per heavy atom. The Balaban J connectivity index is 1.71. The van der Waals surface area contributed by atoms with Crippen LogP contribution in [-0.2, 0) is 4.74 Å². The molecule has 4 heteroatoms. The molecule has 1 aliphatic heterocycles. The number of nitrogens with zero attached hydrogens (tertiary/aromatic N) is 1. The van der Waals surface area contributed by atoms with E-state index in [1.807, 2.05) is 36.4 Å². The lowest BCUT2D eigenvalue weighted by Crippen LogP contribution is -2.15. The van der Waals surface area contributed by atoms with E-state index < -0.39 is 0 Å². The van der Waals surface area contributed by atoms with E-state index in [-0.39, 0.29) is 18.1 Å². The lowest BCUT2D eigenvalue weighted by atomic mass is 10.1. The van der Waals surface area contributed by atoms with Crippen LogP contribution in [0.3, 0.4) is 0 Å². The molecule has 1 aliphatic rings. The summed E-state index contributed by atoms with van der Waals surface area (Å²) in [6, 6.07) is 11.2. The number of aromatic nitrogens is 1. The highest BCUT2D eigenvalue weighted by atomic mass is 16.6. The van der Waals surface area contributed by atoms with Crippen LogP contribution in [0.4, 0.5) is 0 Å². The topological polar surface area (TPSA) is 43.8 Å².